The first-order valence-electron chi connectivity index (χ1n) is 7.56. The molecule has 5 nitrogen and oxygen atoms in total. The van der Waals surface area contributed by atoms with Gasteiger partial charge in [-0.3, -0.25) is 0 Å². The monoisotopic (exact) mass is 331 g/mol. The predicted molar refractivity (Wildman–Crippen MR) is 88.2 cm³/mol. The minimum absolute atomic E-state index is 0.0657. The van der Waals surface area contributed by atoms with E-state index in [1.54, 1.807) is 12.3 Å². The highest BCUT2D eigenvalue weighted by Crippen LogP contribution is 2.20. The van der Waals surface area contributed by atoms with Crippen LogP contribution in [0.4, 0.5) is 0 Å². The van der Waals surface area contributed by atoms with Gasteiger partial charge in [-0.25, -0.2) is 13.1 Å². The highest BCUT2D eigenvalue weighted by atomic mass is 32.2. The number of aromatic nitrogens is 1. The van der Waals surface area contributed by atoms with Crippen molar-refractivity contribution >= 4 is 21.8 Å². The molecule has 0 saturated carbocycles. The molecule has 1 aliphatic rings. The normalized spacial score (nSPS) is 19.8. The second kappa shape index (κ2) is 7.67. The van der Waals surface area contributed by atoms with Crippen LogP contribution in [0.1, 0.15) is 32.4 Å². The van der Waals surface area contributed by atoms with Gasteiger partial charge in [0.15, 0.2) is 0 Å². The number of hydrogen-bond acceptors (Lipinski definition) is 4. The van der Waals surface area contributed by atoms with Crippen LogP contribution in [0.5, 0.6) is 0 Å². The van der Waals surface area contributed by atoms with Crippen molar-refractivity contribution in [2.75, 3.05) is 18.1 Å². The molecule has 0 aliphatic carbocycles. The molecule has 0 radical (unpaired) electrons. The summed E-state index contributed by atoms with van der Waals surface area (Å²) in [5.74, 6) is 2.01. The van der Waals surface area contributed by atoms with Gasteiger partial charge in [0.1, 0.15) is 0 Å². The summed E-state index contributed by atoms with van der Waals surface area (Å²) in [7, 11) is -3.41. The van der Waals surface area contributed by atoms with Gasteiger partial charge in [-0.1, -0.05) is 6.92 Å². The van der Waals surface area contributed by atoms with Gasteiger partial charge < -0.3 is 9.88 Å². The number of nitrogens with zero attached hydrogens (tertiary/aromatic N) is 1. The lowest BCUT2D eigenvalue weighted by Crippen LogP contribution is -2.38. The summed E-state index contributed by atoms with van der Waals surface area (Å²) in [6, 6.07) is 1.85. The van der Waals surface area contributed by atoms with Crippen LogP contribution in [0.2, 0.25) is 0 Å². The summed E-state index contributed by atoms with van der Waals surface area (Å²) in [6.45, 7) is 6.40. The van der Waals surface area contributed by atoms with Gasteiger partial charge in [0.2, 0.25) is 10.0 Å². The molecule has 1 atom stereocenters. The fourth-order valence-electron chi connectivity index (χ4n) is 2.49. The molecule has 0 aromatic carbocycles. The molecule has 2 N–H and O–H groups in total. The minimum atomic E-state index is -3.41. The minimum Gasteiger partial charge on any atom is -0.349 e. The van der Waals surface area contributed by atoms with Crippen LogP contribution in [-0.2, 0) is 23.1 Å². The molecule has 1 saturated heterocycles. The van der Waals surface area contributed by atoms with Gasteiger partial charge in [-0.05, 0) is 38.1 Å². The molecule has 1 fully saturated rings. The van der Waals surface area contributed by atoms with E-state index in [0.29, 0.717) is 11.4 Å². The molecule has 1 aromatic rings. The van der Waals surface area contributed by atoms with E-state index in [2.05, 4.69) is 10.0 Å². The molecule has 0 spiro atoms. The molecule has 0 bridgehead atoms. The van der Waals surface area contributed by atoms with Gasteiger partial charge in [0.05, 0.1) is 4.90 Å². The zero-order valence-corrected chi connectivity index (χ0v) is 14.4. The summed E-state index contributed by atoms with van der Waals surface area (Å²) < 4.78 is 29.8. The molecular weight excluding hydrogens is 306 g/mol. The van der Waals surface area contributed by atoms with Crippen LogP contribution < -0.4 is 10.0 Å². The van der Waals surface area contributed by atoms with E-state index in [0.717, 1.165) is 43.1 Å². The Morgan fingerprint density at radius 1 is 1.43 bits per heavy atom. The van der Waals surface area contributed by atoms with E-state index in [-0.39, 0.29) is 6.04 Å². The Kier molecular flexibility index (Phi) is 6.16. The molecule has 21 heavy (non-hydrogen) atoms. The van der Waals surface area contributed by atoms with Crippen molar-refractivity contribution in [1.29, 1.82) is 0 Å². The van der Waals surface area contributed by atoms with Gasteiger partial charge in [-0.15, -0.1) is 0 Å². The van der Waals surface area contributed by atoms with Crippen molar-refractivity contribution < 1.29 is 8.42 Å². The molecule has 2 rings (SSSR count). The van der Waals surface area contributed by atoms with Crippen LogP contribution in [0.3, 0.4) is 0 Å². The summed E-state index contributed by atoms with van der Waals surface area (Å²) in [4.78, 5) is 0.382. The highest BCUT2D eigenvalue weighted by molar-refractivity contribution is 7.99. The van der Waals surface area contributed by atoms with Crippen LogP contribution in [0.15, 0.2) is 17.2 Å². The third kappa shape index (κ3) is 4.48. The van der Waals surface area contributed by atoms with Crippen LogP contribution in [0, 0.1) is 0 Å². The quantitative estimate of drug-likeness (QED) is 0.800. The second-order valence-corrected chi connectivity index (χ2v) is 8.13. The van der Waals surface area contributed by atoms with Crippen LogP contribution >= 0.6 is 11.8 Å². The lowest BCUT2D eigenvalue weighted by atomic mass is 10.2. The van der Waals surface area contributed by atoms with Crippen molar-refractivity contribution in [3.8, 4) is 0 Å². The lowest BCUT2D eigenvalue weighted by molar-refractivity contribution is 0.543. The summed E-state index contributed by atoms with van der Waals surface area (Å²) in [5, 5.41) is 3.25. The maximum absolute atomic E-state index is 12.5. The molecule has 1 unspecified atom stereocenters. The molecule has 2 heterocycles. The summed E-state index contributed by atoms with van der Waals surface area (Å²) in [5.41, 5.74) is 1.01. The number of aryl methyl sites for hydroxylation is 1. The summed E-state index contributed by atoms with van der Waals surface area (Å²) in [6.07, 6.45) is 3.76. The largest absolute Gasteiger partial charge is 0.349 e. The van der Waals surface area contributed by atoms with Crippen molar-refractivity contribution in [2.45, 2.75) is 50.7 Å². The molecule has 7 heteroatoms. The Labute approximate surface area is 131 Å². The van der Waals surface area contributed by atoms with E-state index >= 15 is 0 Å². The van der Waals surface area contributed by atoms with Gasteiger partial charge in [0, 0.05) is 36.8 Å². The first-order valence-corrected chi connectivity index (χ1v) is 10.2. The van der Waals surface area contributed by atoms with Gasteiger partial charge in [-0.2, -0.15) is 11.8 Å². The zero-order chi connectivity index (χ0) is 15.3. The Morgan fingerprint density at radius 2 is 2.24 bits per heavy atom. The summed E-state index contributed by atoms with van der Waals surface area (Å²) >= 11 is 1.82. The topological polar surface area (TPSA) is 63.1 Å². The molecule has 1 aromatic heterocycles. The first kappa shape index (κ1) is 16.9. The smallest absolute Gasteiger partial charge is 0.242 e. The number of thioether (sulfide) groups is 1. The second-order valence-electron chi connectivity index (χ2n) is 5.27. The van der Waals surface area contributed by atoms with Crippen molar-refractivity contribution in [1.82, 2.24) is 14.6 Å². The molecular formula is C14H25N3O2S2. The zero-order valence-electron chi connectivity index (χ0n) is 12.8. The van der Waals surface area contributed by atoms with Crippen LogP contribution in [0.25, 0.3) is 0 Å². The van der Waals surface area contributed by atoms with Crippen molar-refractivity contribution in [2.24, 2.45) is 0 Å². The molecule has 1 aliphatic heterocycles. The Bertz CT molecular complexity index is 549. The maximum Gasteiger partial charge on any atom is 0.242 e. The lowest BCUT2D eigenvalue weighted by Gasteiger charge is -2.21. The van der Waals surface area contributed by atoms with Crippen molar-refractivity contribution in [3.05, 3.63) is 18.0 Å². The number of hydrogen-bond donors (Lipinski definition) is 2. The third-order valence-electron chi connectivity index (χ3n) is 3.65. The highest BCUT2D eigenvalue weighted by Gasteiger charge is 2.23. The molecule has 120 valence electrons. The third-order valence-corrected chi connectivity index (χ3v) is 6.35. The first-order chi connectivity index (χ1) is 10.1. The van der Waals surface area contributed by atoms with Crippen molar-refractivity contribution in [3.63, 3.8) is 0 Å². The fraction of sp³-hybridized carbons (Fsp3) is 0.714. The average Bonchev–Trinajstić information content (AvgIpc) is 2.90. The van der Waals surface area contributed by atoms with E-state index in [4.69, 9.17) is 0 Å². The number of sulfonamides is 1. The van der Waals surface area contributed by atoms with Gasteiger partial charge in [0.25, 0.3) is 0 Å². The maximum atomic E-state index is 12.5. The van der Waals surface area contributed by atoms with E-state index < -0.39 is 10.0 Å². The Balaban J connectivity index is 2.13. The molecule has 0 amide bonds. The van der Waals surface area contributed by atoms with Gasteiger partial charge >= 0.3 is 0 Å². The fourth-order valence-corrected chi connectivity index (χ4v) is 5.00. The van der Waals surface area contributed by atoms with Crippen LogP contribution in [-0.4, -0.2) is 37.1 Å². The Morgan fingerprint density at radius 3 is 2.86 bits per heavy atom. The average molecular weight is 332 g/mol. The number of nitrogens with one attached hydrogen (secondary N) is 2. The Hall–Kier alpha value is -0.500. The number of rotatable bonds is 7. The van der Waals surface area contributed by atoms with E-state index in [1.165, 1.54) is 0 Å². The predicted octanol–water partition coefficient (Wildman–Crippen LogP) is 1.79. The van der Waals surface area contributed by atoms with E-state index in [1.807, 2.05) is 30.2 Å². The standard InChI is InChI=1S/C14H25N3O2S2/c1-3-15-9-13-8-14(10-17(13)4-2)21(18,19)16-12-6-5-7-20-11-12/h8,10,12,15-16H,3-7,9,11H2,1-2H3. The van der Waals surface area contributed by atoms with E-state index in [9.17, 15) is 8.42 Å². The SMILES string of the molecule is CCNCc1cc(S(=O)(=O)NC2CCCSC2)cn1CC.